The van der Waals surface area contributed by atoms with E-state index in [9.17, 15) is 20.4 Å². The molecule has 4 N–H and O–H groups in total. The first-order chi connectivity index (χ1) is 26.4. The predicted molar refractivity (Wildman–Crippen MR) is 236 cm³/mol. The Morgan fingerprint density at radius 3 is 1.11 bits per heavy atom. The molecule has 5 nitrogen and oxygen atoms in total. The van der Waals surface area contributed by atoms with Crippen LogP contribution in [0, 0.1) is 0 Å². The van der Waals surface area contributed by atoms with E-state index in [0.717, 1.165) is 61.2 Å². The smallest absolute Gasteiger partial charge is 0.133 e. The van der Waals surface area contributed by atoms with Crippen molar-refractivity contribution in [2.45, 2.75) is 147 Å². The van der Waals surface area contributed by atoms with Gasteiger partial charge >= 0.3 is 0 Å². The zero-order valence-corrected chi connectivity index (χ0v) is 37.0. The largest absolute Gasteiger partial charge is 0.507 e. The molecule has 5 aromatic carbocycles. The van der Waals surface area contributed by atoms with Crippen LogP contribution in [0.25, 0.3) is 0 Å². The molecule has 302 valence electrons. The molecule has 57 heavy (non-hydrogen) atoms. The fraction of sp³-hybridized carbons (Fsp3) is 0.412. The highest BCUT2D eigenvalue weighted by Crippen LogP contribution is 2.47. The zero-order chi connectivity index (χ0) is 41.8. The molecule has 1 aliphatic heterocycles. The molecule has 0 amide bonds. The zero-order valence-electron chi connectivity index (χ0n) is 36.2. The van der Waals surface area contributed by atoms with Gasteiger partial charge < -0.3 is 20.4 Å². The maximum atomic E-state index is 12.3. The normalized spacial score (nSPS) is 14.6. The molecule has 6 heteroatoms. The lowest BCUT2D eigenvalue weighted by Crippen LogP contribution is -2.24. The van der Waals surface area contributed by atoms with E-state index in [0.29, 0.717) is 42.3 Å². The van der Waals surface area contributed by atoms with Crippen LogP contribution in [0.4, 0.5) is 0 Å². The molecule has 8 bridgehead atoms. The minimum Gasteiger partial charge on any atom is -0.507 e. The summed E-state index contributed by atoms with van der Waals surface area (Å²) >= 11 is 1.37. The highest BCUT2D eigenvalue weighted by atomic mass is 32.2. The van der Waals surface area contributed by atoms with E-state index in [1.807, 2.05) is 30.3 Å². The van der Waals surface area contributed by atoms with Crippen LogP contribution >= 0.6 is 11.8 Å². The summed E-state index contributed by atoms with van der Waals surface area (Å²) in [6.07, 6.45) is 0.642. The lowest BCUT2D eigenvalue weighted by atomic mass is 9.82. The Labute approximate surface area is 345 Å². The third-order valence-corrected chi connectivity index (χ3v) is 12.4. The van der Waals surface area contributed by atoms with Crippen molar-refractivity contribution in [3.63, 3.8) is 0 Å². The van der Waals surface area contributed by atoms with Crippen LogP contribution < -0.4 is 0 Å². The van der Waals surface area contributed by atoms with Gasteiger partial charge in [0.2, 0.25) is 0 Å². The van der Waals surface area contributed by atoms with Crippen molar-refractivity contribution in [3.8, 4) is 23.0 Å². The van der Waals surface area contributed by atoms with Gasteiger partial charge in [-0.15, -0.1) is 0 Å². The molecular formula is C51H63NO4S. The summed E-state index contributed by atoms with van der Waals surface area (Å²) in [5, 5.41) is 48.8. The van der Waals surface area contributed by atoms with Gasteiger partial charge in [-0.2, -0.15) is 0 Å². The number of benzene rings is 5. The van der Waals surface area contributed by atoms with Crippen molar-refractivity contribution in [2.75, 3.05) is 0 Å². The number of aromatic hydroxyl groups is 4. The molecule has 0 unspecified atom stereocenters. The molecule has 0 atom stereocenters. The summed E-state index contributed by atoms with van der Waals surface area (Å²) in [6.45, 7) is 27.5. The summed E-state index contributed by atoms with van der Waals surface area (Å²) in [7, 11) is 0. The fourth-order valence-corrected chi connectivity index (χ4v) is 8.60. The molecule has 5 aromatic rings. The van der Waals surface area contributed by atoms with Crippen LogP contribution in [0.15, 0.2) is 88.7 Å². The van der Waals surface area contributed by atoms with Crippen LogP contribution in [0.1, 0.15) is 144 Å². The van der Waals surface area contributed by atoms with Gasteiger partial charge in [0, 0.05) is 43.6 Å². The van der Waals surface area contributed by atoms with Gasteiger partial charge in [-0.1, -0.05) is 162 Å². The molecule has 0 saturated heterocycles. The molecule has 1 heterocycles. The maximum absolute atomic E-state index is 12.3. The molecule has 0 saturated carbocycles. The Morgan fingerprint density at radius 1 is 0.439 bits per heavy atom. The molecular weight excluding hydrogens is 723 g/mol. The summed E-state index contributed by atoms with van der Waals surface area (Å²) in [6, 6.07) is 27.0. The van der Waals surface area contributed by atoms with Crippen LogP contribution in [0.3, 0.4) is 0 Å². The Balaban J connectivity index is 1.68. The number of phenols is 4. The van der Waals surface area contributed by atoms with Gasteiger partial charge in [-0.3, -0.25) is 4.90 Å². The number of fused-ring (bicyclic) bond motifs is 8. The quantitative estimate of drug-likeness (QED) is 0.143. The molecule has 0 aromatic heterocycles. The van der Waals surface area contributed by atoms with Crippen LogP contribution in [-0.4, -0.2) is 25.3 Å². The lowest BCUT2D eigenvalue weighted by Gasteiger charge is -2.29. The van der Waals surface area contributed by atoms with Crippen LogP contribution in [0.2, 0.25) is 0 Å². The summed E-state index contributed by atoms with van der Waals surface area (Å²) in [5.41, 5.74) is 9.07. The van der Waals surface area contributed by atoms with Crippen LogP contribution in [-0.2, 0) is 54.1 Å². The van der Waals surface area contributed by atoms with Crippen molar-refractivity contribution in [2.24, 2.45) is 0 Å². The number of hydrogen-bond donors (Lipinski definition) is 4. The average molecular weight is 786 g/mol. The molecule has 0 aliphatic carbocycles. The van der Waals surface area contributed by atoms with E-state index >= 15 is 0 Å². The second-order valence-electron chi connectivity index (χ2n) is 20.3. The van der Waals surface area contributed by atoms with E-state index in [4.69, 9.17) is 0 Å². The van der Waals surface area contributed by atoms with E-state index in [2.05, 4.69) is 137 Å². The monoisotopic (exact) mass is 785 g/mol. The fourth-order valence-electron chi connectivity index (χ4n) is 7.54. The van der Waals surface area contributed by atoms with E-state index in [1.54, 1.807) is 0 Å². The Kier molecular flexibility index (Phi) is 11.4. The van der Waals surface area contributed by atoms with Gasteiger partial charge in [0.1, 0.15) is 23.0 Å². The first kappa shape index (κ1) is 42.2. The van der Waals surface area contributed by atoms with Crippen molar-refractivity contribution >= 4 is 11.8 Å². The van der Waals surface area contributed by atoms with Gasteiger partial charge in [0.25, 0.3) is 0 Å². The summed E-state index contributed by atoms with van der Waals surface area (Å²) < 4.78 is 0. The Morgan fingerprint density at radius 2 is 0.754 bits per heavy atom. The topological polar surface area (TPSA) is 84.2 Å². The van der Waals surface area contributed by atoms with E-state index in [-0.39, 0.29) is 44.7 Å². The minimum absolute atomic E-state index is 0.143. The van der Waals surface area contributed by atoms with Gasteiger partial charge in [-0.25, -0.2) is 0 Å². The van der Waals surface area contributed by atoms with E-state index < -0.39 is 0 Å². The number of rotatable bonds is 2. The highest BCUT2D eigenvalue weighted by Gasteiger charge is 2.28. The Bertz CT molecular complexity index is 2140. The van der Waals surface area contributed by atoms with Gasteiger partial charge in [-0.05, 0) is 83.9 Å². The Hall–Kier alpha value is -4.39. The number of phenolic OH excluding ortho intramolecular Hbond substituents is 4. The SMILES string of the molecule is CC(C)(C)c1cc2c(O)c(c1)CN(Cc1ccccc1)Cc1cc(C(C)(C)C)cc(c1O)Cc1cc(C(C)(C)C)cc(c1O)Sc1cc(C(C)(C)C)cc(c1O)C2. The first-order valence-electron chi connectivity index (χ1n) is 20.3. The predicted octanol–water partition coefficient (Wildman–Crippen LogP) is 12.5. The third-order valence-electron chi connectivity index (χ3n) is 11.3. The molecule has 1 aliphatic rings. The second-order valence-corrected chi connectivity index (χ2v) is 21.4. The van der Waals surface area contributed by atoms with Crippen molar-refractivity contribution in [1.29, 1.82) is 0 Å². The molecule has 6 rings (SSSR count). The lowest BCUT2D eigenvalue weighted by molar-refractivity contribution is 0.240. The van der Waals surface area contributed by atoms with Gasteiger partial charge in [0.15, 0.2) is 0 Å². The van der Waals surface area contributed by atoms with Crippen LogP contribution in [0.5, 0.6) is 23.0 Å². The third kappa shape index (κ3) is 9.50. The number of nitrogens with zero attached hydrogens (tertiary/aromatic N) is 1. The second kappa shape index (κ2) is 15.4. The summed E-state index contributed by atoms with van der Waals surface area (Å²) in [4.78, 5) is 3.58. The molecule has 0 spiro atoms. The number of hydrogen-bond acceptors (Lipinski definition) is 6. The van der Waals surface area contributed by atoms with E-state index in [1.165, 1.54) is 11.8 Å². The molecule has 0 fully saturated rings. The van der Waals surface area contributed by atoms with Crippen molar-refractivity contribution in [1.82, 2.24) is 4.90 Å². The van der Waals surface area contributed by atoms with Crippen molar-refractivity contribution in [3.05, 3.63) is 140 Å². The first-order valence-corrected chi connectivity index (χ1v) is 21.1. The van der Waals surface area contributed by atoms with Gasteiger partial charge in [0.05, 0.1) is 9.79 Å². The maximum Gasteiger partial charge on any atom is 0.133 e. The minimum atomic E-state index is -0.235. The average Bonchev–Trinajstić information content (AvgIpc) is 3.09. The highest BCUT2D eigenvalue weighted by molar-refractivity contribution is 7.99. The molecule has 0 radical (unpaired) electrons. The summed E-state index contributed by atoms with van der Waals surface area (Å²) in [5.74, 6) is 0.712. The standard InChI is InChI=1S/C51H63NO4S/c1-48(2,3)38-20-32-18-34-22-40(50(7,8)9)26-42(46(34)55)57-43-27-41(51(10,11)12)23-35(47(43)56)19-33-21-39(49(4,5)6)25-37(45(33)54)30-52(29-36(24-38)44(32)53)28-31-16-14-13-15-17-31/h13-17,20-27,53-56H,18-19,28-30H2,1-12H3. The van der Waals surface area contributed by atoms with Crippen molar-refractivity contribution < 1.29 is 20.4 Å².